The number of aryl methyl sites for hydroxylation is 1. The van der Waals surface area contributed by atoms with Gasteiger partial charge in [0.1, 0.15) is 5.75 Å². The maximum Gasteiger partial charge on any atom is 0.280 e. The molecule has 1 heterocycles. The Morgan fingerprint density at radius 3 is 2.68 bits per heavy atom. The van der Waals surface area contributed by atoms with E-state index in [-0.39, 0.29) is 5.56 Å². The topological polar surface area (TPSA) is 71.4 Å². The maximum absolute atomic E-state index is 12.6. The highest BCUT2D eigenvalue weighted by molar-refractivity contribution is 6.30. The number of hydrogen-bond acceptors (Lipinski definition) is 4. The molecule has 25 heavy (non-hydrogen) atoms. The molecule has 0 amide bonds. The summed E-state index contributed by atoms with van der Waals surface area (Å²) in [6.07, 6.45) is 1.50. The molecule has 0 unspecified atom stereocenters. The number of H-pyrrole nitrogens is 1. The van der Waals surface area contributed by atoms with Crippen LogP contribution in [0.5, 0.6) is 5.75 Å². The lowest BCUT2D eigenvalue weighted by atomic mass is 10.3. The fraction of sp³-hybridized carbons (Fsp3) is 0.111. The number of benzene rings is 2. The van der Waals surface area contributed by atoms with Crippen LogP contribution in [0, 0.1) is 6.92 Å². The number of methoxy groups -OCH3 is 1. The van der Waals surface area contributed by atoms with Gasteiger partial charge in [-0.1, -0.05) is 17.7 Å². The molecule has 6 nitrogen and oxygen atoms in total. The first-order valence-electron chi connectivity index (χ1n) is 7.59. The van der Waals surface area contributed by atoms with Crippen LogP contribution in [0.15, 0.2) is 58.4 Å². The Balaban J connectivity index is 1.82. The Bertz CT molecular complexity index is 958. The second kappa shape index (κ2) is 7.27. The van der Waals surface area contributed by atoms with Gasteiger partial charge in [-0.3, -0.25) is 15.3 Å². The van der Waals surface area contributed by atoms with E-state index in [0.717, 1.165) is 11.4 Å². The summed E-state index contributed by atoms with van der Waals surface area (Å²) in [6, 6.07) is 14.4. The standard InChI is InChI=1S/C18H17ClN4O2/c1-12-17(11-20-21-14-6-8-16(25-2)9-7-14)18(24)23(22-12)15-5-3-4-13(19)10-15/h3-11,21-22H,1-2H3/b20-11+. The van der Waals surface area contributed by atoms with E-state index < -0.39 is 0 Å². The van der Waals surface area contributed by atoms with Crippen molar-refractivity contribution in [3.05, 3.63) is 75.2 Å². The van der Waals surface area contributed by atoms with E-state index >= 15 is 0 Å². The van der Waals surface area contributed by atoms with Crippen LogP contribution in [0.4, 0.5) is 5.69 Å². The van der Waals surface area contributed by atoms with Crippen molar-refractivity contribution in [2.75, 3.05) is 12.5 Å². The highest BCUT2D eigenvalue weighted by atomic mass is 35.5. The van der Waals surface area contributed by atoms with Crippen LogP contribution in [-0.2, 0) is 0 Å². The van der Waals surface area contributed by atoms with Gasteiger partial charge in [-0.25, -0.2) is 4.68 Å². The van der Waals surface area contributed by atoms with Crippen LogP contribution in [0.2, 0.25) is 5.02 Å². The number of hydrogen-bond donors (Lipinski definition) is 2. The third kappa shape index (κ3) is 3.75. The van der Waals surface area contributed by atoms with E-state index in [1.54, 1.807) is 31.4 Å². The van der Waals surface area contributed by atoms with Crippen molar-refractivity contribution in [3.63, 3.8) is 0 Å². The summed E-state index contributed by atoms with van der Waals surface area (Å²) < 4.78 is 6.54. The number of ether oxygens (including phenoxy) is 1. The van der Waals surface area contributed by atoms with Crippen LogP contribution in [-0.4, -0.2) is 23.1 Å². The third-order valence-electron chi connectivity index (χ3n) is 3.66. The first-order valence-corrected chi connectivity index (χ1v) is 7.97. The molecule has 0 atom stereocenters. The first kappa shape index (κ1) is 16.9. The normalized spacial score (nSPS) is 11.0. The van der Waals surface area contributed by atoms with E-state index in [0.29, 0.717) is 22.0 Å². The zero-order valence-electron chi connectivity index (χ0n) is 13.8. The van der Waals surface area contributed by atoms with Gasteiger partial charge in [0.25, 0.3) is 5.56 Å². The molecule has 0 bridgehead atoms. The molecule has 7 heteroatoms. The van der Waals surface area contributed by atoms with Gasteiger partial charge in [-0.15, -0.1) is 0 Å². The Morgan fingerprint density at radius 2 is 2.00 bits per heavy atom. The summed E-state index contributed by atoms with van der Waals surface area (Å²) in [5.74, 6) is 0.764. The smallest absolute Gasteiger partial charge is 0.280 e. The number of nitrogens with one attached hydrogen (secondary N) is 2. The van der Waals surface area contributed by atoms with E-state index in [4.69, 9.17) is 16.3 Å². The number of aromatic amines is 1. The Hall–Kier alpha value is -2.99. The predicted molar refractivity (Wildman–Crippen MR) is 100 cm³/mol. The van der Waals surface area contributed by atoms with Gasteiger partial charge < -0.3 is 4.74 Å². The lowest BCUT2D eigenvalue weighted by Crippen LogP contribution is -2.17. The average Bonchev–Trinajstić information content (AvgIpc) is 2.90. The van der Waals surface area contributed by atoms with Crippen molar-refractivity contribution < 1.29 is 4.74 Å². The van der Waals surface area contributed by atoms with Gasteiger partial charge in [0.2, 0.25) is 0 Å². The summed E-state index contributed by atoms with van der Waals surface area (Å²) in [4.78, 5) is 12.6. The van der Waals surface area contributed by atoms with Gasteiger partial charge in [0, 0.05) is 10.7 Å². The van der Waals surface area contributed by atoms with E-state index in [9.17, 15) is 4.79 Å². The highest BCUT2D eigenvalue weighted by Gasteiger charge is 2.10. The number of halogens is 1. The average molecular weight is 357 g/mol. The van der Waals surface area contributed by atoms with Gasteiger partial charge in [-0.2, -0.15) is 5.10 Å². The summed E-state index contributed by atoms with van der Waals surface area (Å²) in [7, 11) is 1.61. The van der Waals surface area contributed by atoms with Crippen molar-refractivity contribution in [2.24, 2.45) is 5.10 Å². The van der Waals surface area contributed by atoms with Crippen LogP contribution < -0.4 is 15.7 Å². The molecule has 2 aromatic carbocycles. The molecule has 1 aromatic heterocycles. The predicted octanol–water partition coefficient (Wildman–Crippen LogP) is 3.58. The van der Waals surface area contributed by atoms with Crippen LogP contribution in [0.1, 0.15) is 11.3 Å². The summed E-state index contributed by atoms with van der Waals surface area (Å²) in [5.41, 5.74) is 5.34. The second-order valence-corrected chi connectivity index (χ2v) is 5.81. The SMILES string of the molecule is COc1ccc(N/N=C/c2c(C)[nH]n(-c3cccc(Cl)c3)c2=O)cc1. The van der Waals surface area contributed by atoms with Gasteiger partial charge in [-0.05, 0) is 49.4 Å². The van der Waals surface area contributed by atoms with E-state index in [1.165, 1.54) is 10.9 Å². The molecule has 0 aliphatic rings. The molecule has 0 fully saturated rings. The van der Waals surface area contributed by atoms with Crippen molar-refractivity contribution >= 4 is 23.5 Å². The van der Waals surface area contributed by atoms with Crippen molar-refractivity contribution in [1.29, 1.82) is 0 Å². The molecule has 0 aliphatic carbocycles. The van der Waals surface area contributed by atoms with Crippen LogP contribution in [0.3, 0.4) is 0 Å². The van der Waals surface area contributed by atoms with Gasteiger partial charge >= 0.3 is 0 Å². The zero-order valence-corrected chi connectivity index (χ0v) is 14.5. The number of anilines is 1. The molecule has 0 spiro atoms. The Kier molecular flexibility index (Phi) is 4.90. The summed E-state index contributed by atoms with van der Waals surface area (Å²) >= 11 is 5.99. The molecule has 0 aliphatic heterocycles. The van der Waals surface area contributed by atoms with Crippen molar-refractivity contribution in [2.45, 2.75) is 6.92 Å². The minimum atomic E-state index is -0.194. The molecule has 0 saturated heterocycles. The minimum absolute atomic E-state index is 0.194. The number of hydrazone groups is 1. The molecule has 0 saturated carbocycles. The summed E-state index contributed by atoms with van der Waals surface area (Å²) in [5, 5.41) is 7.73. The van der Waals surface area contributed by atoms with Crippen molar-refractivity contribution in [3.8, 4) is 11.4 Å². The molecule has 2 N–H and O–H groups in total. The molecule has 3 rings (SSSR count). The lowest BCUT2D eigenvalue weighted by Gasteiger charge is -2.02. The van der Waals surface area contributed by atoms with Crippen molar-refractivity contribution in [1.82, 2.24) is 9.78 Å². The maximum atomic E-state index is 12.6. The largest absolute Gasteiger partial charge is 0.497 e. The summed E-state index contributed by atoms with van der Waals surface area (Å²) in [6.45, 7) is 1.82. The minimum Gasteiger partial charge on any atom is -0.497 e. The molecule has 128 valence electrons. The molecular formula is C18H17ClN4O2. The zero-order chi connectivity index (χ0) is 17.8. The first-order chi connectivity index (χ1) is 12.1. The second-order valence-electron chi connectivity index (χ2n) is 5.37. The fourth-order valence-corrected chi connectivity index (χ4v) is 2.53. The van der Waals surface area contributed by atoms with Gasteiger partial charge in [0.15, 0.2) is 0 Å². The van der Waals surface area contributed by atoms with Gasteiger partial charge in [0.05, 0.1) is 30.3 Å². The monoisotopic (exact) mass is 356 g/mol. The van der Waals surface area contributed by atoms with Crippen LogP contribution in [0.25, 0.3) is 5.69 Å². The fourth-order valence-electron chi connectivity index (χ4n) is 2.35. The molecule has 0 radical (unpaired) electrons. The quantitative estimate of drug-likeness (QED) is 0.542. The third-order valence-corrected chi connectivity index (χ3v) is 3.90. The van der Waals surface area contributed by atoms with E-state index in [2.05, 4.69) is 15.6 Å². The van der Waals surface area contributed by atoms with E-state index in [1.807, 2.05) is 31.2 Å². The number of nitrogens with zero attached hydrogens (tertiary/aromatic N) is 2. The van der Waals surface area contributed by atoms with Crippen LogP contribution >= 0.6 is 11.6 Å². The lowest BCUT2D eigenvalue weighted by molar-refractivity contribution is 0.415. The Labute approximate surface area is 149 Å². The number of aromatic nitrogens is 2. The highest BCUT2D eigenvalue weighted by Crippen LogP contribution is 2.15. The number of rotatable bonds is 5. The Morgan fingerprint density at radius 1 is 1.24 bits per heavy atom. The molecule has 3 aromatic rings. The molecular weight excluding hydrogens is 340 g/mol.